The number of aromatic nitrogens is 1. The predicted molar refractivity (Wildman–Crippen MR) is 81.0 cm³/mol. The molecule has 5 heteroatoms. The van der Waals surface area contributed by atoms with Crippen LogP contribution in [0, 0.1) is 0 Å². The Morgan fingerprint density at radius 3 is 2.48 bits per heavy atom. The summed E-state index contributed by atoms with van der Waals surface area (Å²) in [6.07, 6.45) is 6.13. The van der Waals surface area contributed by atoms with Crippen molar-refractivity contribution in [3.63, 3.8) is 0 Å². The smallest absolute Gasteiger partial charge is 0.270 e. The number of hydrogen-bond acceptors (Lipinski definition) is 3. The molecule has 0 unspecified atom stereocenters. The van der Waals surface area contributed by atoms with Crippen molar-refractivity contribution < 1.29 is 9.59 Å². The SMILES string of the molecule is CNC(=O)c1cccc(C(=O)NCC2=CC=C(C)CC2)n1. The molecule has 0 saturated carbocycles. The van der Waals surface area contributed by atoms with Crippen LogP contribution in [0.1, 0.15) is 40.7 Å². The fraction of sp³-hybridized carbons (Fsp3) is 0.312. The van der Waals surface area contributed by atoms with Crippen LogP contribution >= 0.6 is 0 Å². The lowest BCUT2D eigenvalue weighted by molar-refractivity contribution is 0.0949. The maximum Gasteiger partial charge on any atom is 0.270 e. The first-order valence-electron chi connectivity index (χ1n) is 6.92. The minimum absolute atomic E-state index is 0.237. The second kappa shape index (κ2) is 6.83. The molecule has 0 fully saturated rings. The number of rotatable bonds is 4. The van der Waals surface area contributed by atoms with Gasteiger partial charge >= 0.3 is 0 Å². The van der Waals surface area contributed by atoms with Gasteiger partial charge in [0.1, 0.15) is 11.4 Å². The van der Waals surface area contributed by atoms with Gasteiger partial charge in [-0.3, -0.25) is 9.59 Å². The number of pyridine rings is 1. The maximum atomic E-state index is 12.1. The van der Waals surface area contributed by atoms with Gasteiger partial charge in [-0.05, 0) is 31.9 Å². The molecule has 1 aromatic rings. The Kier molecular flexibility index (Phi) is 4.87. The molecule has 5 nitrogen and oxygen atoms in total. The highest BCUT2D eigenvalue weighted by Crippen LogP contribution is 2.16. The molecule has 21 heavy (non-hydrogen) atoms. The van der Waals surface area contributed by atoms with Crippen molar-refractivity contribution in [1.29, 1.82) is 0 Å². The first-order valence-corrected chi connectivity index (χ1v) is 6.92. The highest BCUT2D eigenvalue weighted by molar-refractivity contribution is 5.96. The van der Waals surface area contributed by atoms with Crippen LogP contribution in [0.3, 0.4) is 0 Å². The Hall–Kier alpha value is -2.43. The lowest BCUT2D eigenvalue weighted by Gasteiger charge is -2.13. The van der Waals surface area contributed by atoms with Crippen molar-refractivity contribution in [2.75, 3.05) is 13.6 Å². The minimum atomic E-state index is -0.305. The van der Waals surface area contributed by atoms with Gasteiger partial charge in [-0.1, -0.05) is 29.4 Å². The van der Waals surface area contributed by atoms with Gasteiger partial charge in [-0.25, -0.2) is 4.98 Å². The standard InChI is InChI=1S/C16H19N3O2/c1-11-6-8-12(9-7-11)10-18-16(21)14-5-3-4-13(19-14)15(20)17-2/h3-6,8H,7,9-10H2,1-2H3,(H,17,20)(H,18,21). The van der Waals surface area contributed by atoms with Crippen molar-refractivity contribution in [2.45, 2.75) is 19.8 Å². The zero-order chi connectivity index (χ0) is 15.2. The van der Waals surface area contributed by atoms with Crippen LogP contribution in [0.4, 0.5) is 0 Å². The van der Waals surface area contributed by atoms with Gasteiger partial charge in [0, 0.05) is 13.6 Å². The Labute approximate surface area is 124 Å². The number of carbonyl (C=O) groups excluding carboxylic acids is 2. The van der Waals surface area contributed by atoms with Crippen molar-refractivity contribution in [2.24, 2.45) is 0 Å². The van der Waals surface area contributed by atoms with Gasteiger partial charge < -0.3 is 10.6 Å². The third-order valence-corrected chi connectivity index (χ3v) is 3.36. The van der Waals surface area contributed by atoms with E-state index >= 15 is 0 Å². The summed E-state index contributed by atoms with van der Waals surface area (Å²) in [5.74, 6) is -0.576. The molecule has 2 amide bonds. The molecule has 1 heterocycles. The van der Waals surface area contributed by atoms with Crippen LogP contribution in [0.5, 0.6) is 0 Å². The molecular weight excluding hydrogens is 266 g/mol. The van der Waals surface area contributed by atoms with Gasteiger partial charge in [0.2, 0.25) is 0 Å². The molecule has 2 N–H and O–H groups in total. The second-order valence-corrected chi connectivity index (χ2v) is 5.01. The van der Waals surface area contributed by atoms with E-state index in [0.717, 1.165) is 12.8 Å². The first-order chi connectivity index (χ1) is 10.1. The number of hydrogen-bond donors (Lipinski definition) is 2. The van der Waals surface area contributed by atoms with E-state index in [1.54, 1.807) is 18.2 Å². The van der Waals surface area contributed by atoms with E-state index in [0.29, 0.717) is 6.54 Å². The molecule has 0 atom stereocenters. The highest BCUT2D eigenvalue weighted by Gasteiger charge is 2.12. The Bertz CT molecular complexity index is 618. The lowest BCUT2D eigenvalue weighted by Crippen LogP contribution is -2.28. The summed E-state index contributed by atoms with van der Waals surface area (Å²) in [6.45, 7) is 2.61. The quantitative estimate of drug-likeness (QED) is 0.886. The molecule has 110 valence electrons. The van der Waals surface area contributed by atoms with Crippen LogP contribution in [0.15, 0.2) is 41.5 Å². The Morgan fingerprint density at radius 2 is 1.86 bits per heavy atom. The van der Waals surface area contributed by atoms with Crippen molar-refractivity contribution in [3.05, 3.63) is 52.9 Å². The number of allylic oxidation sites excluding steroid dienone is 3. The van der Waals surface area contributed by atoms with Gasteiger partial charge in [0.15, 0.2) is 0 Å². The summed E-state index contributed by atoms with van der Waals surface area (Å²) in [7, 11) is 1.53. The summed E-state index contributed by atoms with van der Waals surface area (Å²) in [5.41, 5.74) is 3.03. The molecule has 0 aromatic carbocycles. The summed E-state index contributed by atoms with van der Waals surface area (Å²) in [5, 5.41) is 5.32. The Morgan fingerprint density at radius 1 is 1.14 bits per heavy atom. The van der Waals surface area contributed by atoms with Crippen LogP contribution in [0.25, 0.3) is 0 Å². The number of nitrogens with zero attached hydrogens (tertiary/aromatic N) is 1. The van der Waals surface area contributed by atoms with Crippen molar-refractivity contribution >= 4 is 11.8 Å². The van der Waals surface area contributed by atoms with Gasteiger partial charge in [0.05, 0.1) is 0 Å². The molecular formula is C16H19N3O2. The molecule has 0 aliphatic heterocycles. The van der Waals surface area contributed by atoms with E-state index in [1.165, 1.54) is 18.2 Å². The normalized spacial score (nSPS) is 14.0. The third-order valence-electron chi connectivity index (χ3n) is 3.36. The molecule has 2 rings (SSSR count). The molecule has 1 aliphatic carbocycles. The van der Waals surface area contributed by atoms with Crippen LogP contribution in [0.2, 0.25) is 0 Å². The van der Waals surface area contributed by atoms with E-state index < -0.39 is 0 Å². The minimum Gasteiger partial charge on any atom is -0.354 e. The maximum absolute atomic E-state index is 12.1. The molecule has 1 aliphatic rings. The average molecular weight is 285 g/mol. The monoisotopic (exact) mass is 285 g/mol. The van der Waals surface area contributed by atoms with Gasteiger partial charge in [-0.2, -0.15) is 0 Å². The van der Waals surface area contributed by atoms with Crippen LogP contribution < -0.4 is 10.6 Å². The van der Waals surface area contributed by atoms with E-state index in [2.05, 4.69) is 28.6 Å². The number of carbonyl (C=O) groups is 2. The predicted octanol–water partition coefficient (Wildman–Crippen LogP) is 1.84. The summed E-state index contributed by atoms with van der Waals surface area (Å²) in [6, 6.07) is 4.83. The molecule has 1 aromatic heterocycles. The average Bonchev–Trinajstić information content (AvgIpc) is 2.53. The van der Waals surface area contributed by atoms with E-state index in [1.807, 2.05) is 6.08 Å². The molecule has 0 saturated heterocycles. The fourth-order valence-corrected chi connectivity index (χ4v) is 2.03. The third kappa shape index (κ3) is 4.02. The van der Waals surface area contributed by atoms with E-state index in [-0.39, 0.29) is 23.2 Å². The summed E-state index contributed by atoms with van der Waals surface area (Å²) < 4.78 is 0. The van der Waals surface area contributed by atoms with Crippen molar-refractivity contribution in [3.8, 4) is 0 Å². The number of nitrogens with one attached hydrogen (secondary N) is 2. The van der Waals surface area contributed by atoms with Gasteiger partial charge in [-0.15, -0.1) is 0 Å². The summed E-state index contributed by atoms with van der Waals surface area (Å²) >= 11 is 0. The highest BCUT2D eigenvalue weighted by atomic mass is 16.2. The zero-order valence-corrected chi connectivity index (χ0v) is 12.3. The van der Waals surface area contributed by atoms with Crippen LogP contribution in [-0.4, -0.2) is 30.4 Å². The zero-order valence-electron chi connectivity index (χ0n) is 12.3. The van der Waals surface area contributed by atoms with E-state index in [9.17, 15) is 9.59 Å². The summed E-state index contributed by atoms with van der Waals surface area (Å²) in [4.78, 5) is 27.6. The largest absolute Gasteiger partial charge is 0.354 e. The molecule has 0 radical (unpaired) electrons. The fourth-order valence-electron chi connectivity index (χ4n) is 2.03. The topological polar surface area (TPSA) is 71.1 Å². The number of amides is 2. The second-order valence-electron chi connectivity index (χ2n) is 5.01. The van der Waals surface area contributed by atoms with Crippen molar-refractivity contribution in [1.82, 2.24) is 15.6 Å². The molecule has 0 spiro atoms. The van der Waals surface area contributed by atoms with E-state index in [4.69, 9.17) is 0 Å². The van der Waals surface area contributed by atoms with Gasteiger partial charge in [0.25, 0.3) is 11.8 Å². The molecule has 0 bridgehead atoms. The lowest BCUT2D eigenvalue weighted by atomic mass is 9.99. The van der Waals surface area contributed by atoms with Crippen LogP contribution in [-0.2, 0) is 0 Å². The Balaban J connectivity index is 1.99. The first kappa shape index (κ1) is 15.0.